The van der Waals surface area contributed by atoms with Crippen LogP contribution in [0.15, 0.2) is 18.2 Å². The van der Waals surface area contributed by atoms with Gasteiger partial charge in [0.2, 0.25) is 0 Å². The average molecular weight is 296 g/mol. The number of nitrogens with zero attached hydrogens (tertiary/aromatic N) is 1. The Morgan fingerprint density at radius 1 is 1.41 bits per heavy atom. The molecule has 1 heterocycles. The first-order valence-corrected chi connectivity index (χ1v) is 6.31. The lowest BCUT2D eigenvalue weighted by Gasteiger charge is -2.34. The molecule has 1 N–H and O–H groups in total. The van der Waals surface area contributed by atoms with Crippen LogP contribution in [0.2, 0.25) is 10.0 Å². The molecule has 0 bridgehead atoms. The van der Waals surface area contributed by atoms with Gasteiger partial charge in [0.05, 0.1) is 0 Å². The molecule has 96 valence electrons. The number of piperazine rings is 1. The molecule has 1 aliphatic heterocycles. The van der Waals surface area contributed by atoms with Crippen LogP contribution in [-0.2, 0) is 6.54 Å². The standard InChI is InChI=1S/C12H16Cl2N2.ClH/c1-9-7-15-4-5-16(9)8-10-6-11(13)2-3-12(10)14;/h2-3,6,9,15H,4-5,7-8H2,1H3;1H/t9-;/m0./s1. The van der Waals surface area contributed by atoms with Crippen molar-refractivity contribution in [1.29, 1.82) is 0 Å². The van der Waals surface area contributed by atoms with Crippen molar-refractivity contribution in [3.8, 4) is 0 Å². The first kappa shape index (κ1) is 15.1. The lowest BCUT2D eigenvalue weighted by Crippen LogP contribution is -2.49. The zero-order chi connectivity index (χ0) is 11.5. The Bertz CT molecular complexity index is 371. The summed E-state index contributed by atoms with van der Waals surface area (Å²) in [5, 5.41) is 4.93. The highest BCUT2D eigenvalue weighted by atomic mass is 35.5. The smallest absolute Gasteiger partial charge is 0.0452 e. The maximum Gasteiger partial charge on any atom is 0.0452 e. The maximum atomic E-state index is 6.16. The van der Waals surface area contributed by atoms with Crippen LogP contribution in [-0.4, -0.2) is 30.6 Å². The maximum absolute atomic E-state index is 6.16. The Labute approximate surface area is 119 Å². The van der Waals surface area contributed by atoms with Crippen molar-refractivity contribution in [2.45, 2.75) is 19.5 Å². The van der Waals surface area contributed by atoms with Crippen LogP contribution in [0.4, 0.5) is 0 Å². The second-order valence-electron chi connectivity index (χ2n) is 4.26. The van der Waals surface area contributed by atoms with Gasteiger partial charge in [0.15, 0.2) is 0 Å². The molecule has 0 radical (unpaired) electrons. The highest BCUT2D eigenvalue weighted by molar-refractivity contribution is 6.33. The second-order valence-corrected chi connectivity index (χ2v) is 5.10. The molecule has 2 nitrogen and oxygen atoms in total. The molecule has 17 heavy (non-hydrogen) atoms. The van der Waals surface area contributed by atoms with Gasteiger partial charge in [-0.1, -0.05) is 23.2 Å². The van der Waals surface area contributed by atoms with E-state index in [0.29, 0.717) is 6.04 Å². The second kappa shape index (κ2) is 6.81. The van der Waals surface area contributed by atoms with Gasteiger partial charge >= 0.3 is 0 Å². The van der Waals surface area contributed by atoms with Crippen molar-refractivity contribution in [2.75, 3.05) is 19.6 Å². The van der Waals surface area contributed by atoms with Crippen molar-refractivity contribution in [3.05, 3.63) is 33.8 Å². The van der Waals surface area contributed by atoms with Crippen LogP contribution in [0, 0.1) is 0 Å². The van der Waals surface area contributed by atoms with Crippen molar-refractivity contribution < 1.29 is 0 Å². The molecule has 2 rings (SSSR count). The van der Waals surface area contributed by atoms with Crippen molar-refractivity contribution in [3.63, 3.8) is 0 Å². The van der Waals surface area contributed by atoms with Gasteiger partial charge in [-0.2, -0.15) is 0 Å². The van der Waals surface area contributed by atoms with Gasteiger partial charge in [0.25, 0.3) is 0 Å². The number of rotatable bonds is 2. The predicted molar refractivity (Wildman–Crippen MR) is 76.5 cm³/mol. The number of nitrogens with one attached hydrogen (secondary N) is 1. The SMILES string of the molecule is C[C@H]1CNCCN1Cc1cc(Cl)ccc1Cl.Cl. The summed E-state index contributed by atoms with van der Waals surface area (Å²) in [7, 11) is 0. The van der Waals surface area contributed by atoms with E-state index in [1.54, 1.807) is 0 Å². The Kier molecular flexibility index (Phi) is 6.04. The number of hydrogen-bond acceptors (Lipinski definition) is 2. The van der Waals surface area contributed by atoms with E-state index < -0.39 is 0 Å². The lowest BCUT2D eigenvalue weighted by atomic mass is 10.1. The van der Waals surface area contributed by atoms with E-state index >= 15 is 0 Å². The molecule has 0 unspecified atom stereocenters. The lowest BCUT2D eigenvalue weighted by molar-refractivity contribution is 0.165. The molecule has 0 aliphatic carbocycles. The Hall–Kier alpha value is 0.01000. The number of hydrogen-bond donors (Lipinski definition) is 1. The van der Waals surface area contributed by atoms with Crippen LogP contribution < -0.4 is 5.32 Å². The molecule has 1 fully saturated rings. The molecule has 1 atom stereocenters. The molecule has 1 aromatic carbocycles. The van der Waals surface area contributed by atoms with E-state index in [0.717, 1.165) is 41.8 Å². The molecule has 0 amide bonds. The number of benzene rings is 1. The zero-order valence-electron chi connectivity index (χ0n) is 9.75. The minimum absolute atomic E-state index is 0. The van der Waals surface area contributed by atoms with Gasteiger partial charge < -0.3 is 5.32 Å². The molecule has 0 spiro atoms. The molecule has 0 aromatic heterocycles. The van der Waals surface area contributed by atoms with Crippen LogP contribution >= 0.6 is 35.6 Å². The summed E-state index contributed by atoms with van der Waals surface area (Å²) in [6.07, 6.45) is 0. The molecule has 0 saturated carbocycles. The first-order valence-electron chi connectivity index (χ1n) is 5.55. The average Bonchev–Trinajstić information content (AvgIpc) is 2.27. The molecule has 1 aliphatic rings. The summed E-state index contributed by atoms with van der Waals surface area (Å²) in [6.45, 7) is 6.25. The fraction of sp³-hybridized carbons (Fsp3) is 0.500. The minimum atomic E-state index is 0. The minimum Gasteiger partial charge on any atom is -0.314 e. The third-order valence-electron chi connectivity index (χ3n) is 3.02. The molecule has 5 heteroatoms. The van der Waals surface area contributed by atoms with Gasteiger partial charge in [-0.3, -0.25) is 4.90 Å². The van der Waals surface area contributed by atoms with Crippen molar-refractivity contribution >= 4 is 35.6 Å². The predicted octanol–water partition coefficient (Wildman–Crippen LogP) is 3.21. The number of halogens is 3. The zero-order valence-corrected chi connectivity index (χ0v) is 12.1. The Morgan fingerprint density at radius 3 is 2.88 bits per heavy atom. The van der Waals surface area contributed by atoms with E-state index in [9.17, 15) is 0 Å². The van der Waals surface area contributed by atoms with Gasteiger partial charge in [-0.05, 0) is 30.7 Å². The topological polar surface area (TPSA) is 15.3 Å². The van der Waals surface area contributed by atoms with Gasteiger partial charge in [-0.15, -0.1) is 12.4 Å². The van der Waals surface area contributed by atoms with Crippen molar-refractivity contribution in [1.82, 2.24) is 10.2 Å². The summed E-state index contributed by atoms with van der Waals surface area (Å²) >= 11 is 12.1. The molecular formula is C12H17Cl3N2. The fourth-order valence-corrected chi connectivity index (χ4v) is 2.37. The van der Waals surface area contributed by atoms with E-state index in [1.165, 1.54) is 0 Å². The van der Waals surface area contributed by atoms with Gasteiger partial charge in [-0.25, -0.2) is 0 Å². The molecular weight excluding hydrogens is 279 g/mol. The normalized spacial score (nSPS) is 21.0. The Morgan fingerprint density at radius 2 is 2.18 bits per heavy atom. The summed E-state index contributed by atoms with van der Waals surface area (Å²) in [5.41, 5.74) is 1.11. The van der Waals surface area contributed by atoms with Crippen LogP contribution in [0.25, 0.3) is 0 Å². The first-order chi connectivity index (χ1) is 7.66. The van der Waals surface area contributed by atoms with E-state index in [-0.39, 0.29) is 12.4 Å². The molecule has 1 saturated heterocycles. The van der Waals surface area contributed by atoms with E-state index in [1.807, 2.05) is 18.2 Å². The summed E-state index contributed by atoms with van der Waals surface area (Å²) < 4.78 is 0. The quantitative estimate of drug-likeness (QED) is 0.901. The monoisotopic (exact) mass is 294 g/mol. The third kappa shape index (κ3) is 4.01. The van der Waals surface area contributed by atoms with Gasteiger partial charge in [0.1, 0.15) is 0 Å². The van der Waals surface area contributed by atoms with E-state index in [2.05, 4.69) is 17.1 Å². The molecule has 1 aromatic rings. The van der Waals surface area contributed by atoms with Gasteiger partial charge in [0, 0.05) is 42.3 Å². The fourth-order valence-electron chi connectivity index (χ4n) is 2.00. The Balaban J connectivity index is 0.00000144. The third-order valence-corrected chi connectivity index (χ3v) is 3.62. The van der Waals surface area contributed by atoms with Crippen LogP contribution in [0.5, 0.6) is 0 Å². The highest BCUT2D eigenvalue weighted by Crippen LogP contribution is 2.23. The summed E-state index contributed by atoms with van der Waals surface area (Å²) in [6, 6.07) is 6.20. The summed E-state index contributed by atoms with van der Waals surface area (Å²) in [5.74, 6) is 0. The summed E-state index contributed by atoms with van der Waals surface area (Å²) in [4.78, 5) is 2.42. The van der Waals surface area contributed by atoms with Crippen molar-refractivity contribution in [2.24, 2.45) is 0 Å². The van der Waals surface area contributed by atoms with Crippen LogP contribution in [0.1, 0.15) is 12.5 Å². The largest absolute Gasteiger partial charge is 0.314 e. The van der Waals surface area contributed by atoms with Crippen LogP contribution in [0.3, 0.4) is 0 Å². The van der Waals surface area contributed by atoms with E-state index in [4.69, 9.17) is 23.2 Å². The highest BCUT2D eigenvalue weighted by Gasteiger charge is 2.18.